The normalized spacial score (nSPS) is 11.6. The Morgan fingerprint density at radius 2 is 1.94 bits per heavy atom. The predicted molar refractivity (Wildman–Crippen MR) is 65.0 cm³/mol. The van der Waals surface area contributed by atoms with E-state index in [4.69, 9.17) is 5.73 Å². The highest BCUT2D eigenvalue weighted by molar-refractivity contribution is 7.90. The SMILES string of the molecule is CS(=O)(=O)c1ccc(-c2cnc(CN)[nH]2)cc1. The lowest BCUT2D eigenvalue weighted by atomic mass is 10.2. The molecule has 0 aliphatic rings. The summed E-state index contributed by atoms with van der Waals surface area (Å²) in [6.45, 7) is 0.349. The molecule has 1 aromatic heterocycles. The molecule has 0 aliphatic heterocycles. The summed E-state index contributed by atoms with van der Waals surface area (Å²) in [6, 6.07) is 6.63. The third-order valence-electron chi connectivity index (χ3n) is 2.42. The Labute approximate surface area is 99.6 Å². The van der Waals surface area contributed by atoms with Gasteiger partial charge in [0.15, 0.2) is 9.84 Å². The molecule has 2 rings (SSSR count). The van der Waals surface area contributed by atoms with Crippen molar-refractivity contribution in [3.63, 3.8) is 0 Å². The van der Waals surface area contributed by atoms with Crippen LogP contribution in [0.4, 0.5) is 0 Å². The summed E-state index contributed by atoms with van der Waals surface area (Å²) >= 11 is 0. The number of nitrogens with two attached hydrogens (primary N) is 1. The lowest BCUT2D eigenvalue weighted by Gasteiger charge is -2.00. The Kier molecular flexibility index (Phi) is 2.99. The van der Waals surface area contributed by atoms with Crippen LogP contribution in [0.2, 0.25) is 0 Å². The zero-order valence-corrected chi connectivity index (χ0v) is 10.2. The molecule has 0 aliphatic carbocycles. The first kappa shape index (κ1) is 11.8. The number of nitrogens with zero attached hydrogens (tertiary/aromatic N) is 1. The van der Waals surface area contributed by atoms with Crippen molar-refractivity contribution in [3.8, 4) is 11.3 Å². The first-order valence-corrected chi connectivity index (χ1v) is 6.94. The molecule has 2 aromatic rings. The van der Waals surface area contributed by atoms with Crippen LogP contribution in [0.3, 0.4) is 0 Å². The fourth-order valence-corrected chi connectivity index (χ4v) is 2.13. The molecule has 5 nitrogen and oxygen atoms in total. The van der Waals surface area contributed by atoms with Crippen LogP contribution in [-0.2, 0) is 16.4 Å². The van der Waals surface area contributed by atoms with E-state index in [1.807, 2.05) is 0 Å². The summed E-state index contributed by atoms with van der Waals surface area (Å²) in [5.41, 5.74) is 7.15. The van der Waals surface area contributed by atoms with E-state index in [0.29, 0.717) is 17.3 Å². The zero-order valence-electron chi connectivity index (χ0n) is 9.34. The Morgan fingerprint density at radius 3 is 2.41 bits per heavy atom. The van der Waals surface area contributed by atoms with Crippen LogP contribution in [0, 0.1) is 0 Å². The summed E-state index contributed by atoms with van der Waals surface area (Å²) in [6.07, 6.45) is 2.86. The van der Waals surface area contributed by atoms with E-state index in [2.05, 4.69) is 9.97 Å². The second-order valence-electron chi connectivity index (χ2n) is 3.74. The van der Waals surface area contributed by atoms with Crippen molar-refractivity contribution in [1.29, 1.82) is 0 Å². The quantitative estimate of drug-likeness (QED) is 0.849. The van der Waals surface area contributed by atoms with Crippen molar-refractivity contribution in [1.82, 2.24) is 9.97 Å². The maximum Gasteiger partial charge on any atom is 0.175 e. The highest BCUT2D eigenvalue weighted by Crippen LogP contribution is 2.19. The molecule has 0 saturated heterocycles. The highest BCUT2D eigenvalue weighted by atomic mass is 32.2. The number of H-pyrrole nitrogens is 1. The van der Waals surface area contributed by atoms with Crippen LogP contribution in [0.1, 0.15) is 5.82 Å². The molecule has 6 heteroatoms. The van der Waals surface area contributed by atoms with E-state index >= 15 is 0 Å². The van der Waals surface area contributed by atoms with Crippen LogP contribution in [0.25, 0.3) is 11.3 Å². The number of sulfone groups is 1. The molecule has 17 heavy (non-hydrogen) atoms. The lowest BCUT2D eigenvalue weighted by molar-refractivity contribution is 0.602. The van der Waals surface area contributed by atoms with Crippen LogP contribution in [0.5, 0.6) is 0 Å². The van der Waals surface area contributed by atoms with E-state index in [1.54, 1.807) is 30.5 Å². The molecule has 0 spiro atoms. The van der Waals surface area contributed by atoms with Gasteiger partial charge in [-0.25, -0.2) is 13.4 Å². The average Bonchev–Trinajstić information content (AvgIpc) is 2.76. The third kappa shape index (κ3) is 2.54. The summed E-state index contributed by atoms with van der Waals surface area (Å²) in [7, 11) is -3.15. The number of aromatic amines is 1. The second-order valence-corrected chi connectivity index (χ2v) is 5.76. The molecular weight excluding hydrogens is 238 g/mol. The molecule has 1 aromatic carbocycles. The molecular formula is C11H13N3O2S. The molecule has 0 radical (unpaired) electrons. The van der Waals surface area contributed by atoms with Gasteiger partial charge in [-0.3, -0.25) is 0 Å². The topological polar surface area (TPSA) is 88.8 Å². The van der Waals surface area contributed by atoms with Crippen molar-refractivity contribution in [2.24, 2.45) is 5.73 Å². The van der Waals surface area contributed by atoms with Gasteiger partial charge in [0.05, 0.1) is 23.3 Å². The van der Waals surface area contributed by atoms with Gasteiger partial charge in [-0.2, -0.15) is 0 Å². The summed E-state index contributed by atoms with van der Waals surface area (Å²) < 4.78 is 22.6. The summed E-state index contributed by atoms with van der Waals surface area (Å²) in [5, 5.41) is 0. The van der Waals surface area contributed by atoms with E-state index in [9.17, 15) is 8.42 Å². The molecule has 1 heterocycles. The van der Waals surface area contributed by atoms with Crippen molar-refractivity contribution in [3.05, 3.63) is 36.3 Å². The van der Waals surface area contributed by atoms with E-state index in [0.717, 1.165) is 11.3 Å². The minimum Gasteiger partial charge on any atom is -0.341 e. The Hall–Kier alpha value is -1.66. The number of benzene rings is 1. The summed E-state index contributed by atoms with van der Waals surface area (Å²) in [5.74, 6) is 0.701. The van der Waals surface area contributed by atoms with Crippen LogP contribution in [0.15, 0.2) is 35.4 Å². The smallest absolute Gasteiger partial charge is 0.175 e. The minimum atomic E-state index is -3.15. The van der Waals surface area contributed by atoms with Gasteiger partial charge in [0.1, 0.15) is 5.82 Å². The molecule has 90 valence electrons. The minimum absolute atomic E-state index is 0.305. The number of imidazole rings is 1. The number of rotatable bonds is 3. The number of nitrogens with one attached hydrogen (secondary N) is 1. The average molecular weight is 251 g/mol. The van der Waals surface area contributed by atoms with Crippen LogP contribution < -0.4 is 5.73 Å². The van der Waals surface area contributed by atoms with Crippen molar-refractivity contribution in [2.75, 3.05) is 6.26 Å². The first-order chi connectivity index (χ1) is 8.00. The van der Waals surface area contributed by atoms with E-state index < -0.39 is 9.84 Å². The fraction of sp³-hybridized carbons (Fsp3) is 0.182. The van der Waals surface area contributed by atoms with Gasteiger partial charge in [-0.05, 0) is 17.7 Å². The van der Waals surface area contributed by atoms with Gasteiger partial charge in [-0.1, -0.05) is 12.1 Å². The standard InChI is InChI=1S/C11H13N3O2S/c1-17(15,16)9-4-2-8(3-5-9)10-7-13-11(6-12)14-10/h2-5,7H,6,12H2,1H3,(H,13,14). The fourth-order valence-electron chi connectivity index (χ4n) is 1.49. The zero-order chi connectivity index (χ0) is 12.5. The van der Waals surface area contributed by atoms with E-state index in [-0.39, 0.29) is 0 Å². The number of hydrogen-bond acceptors (Lipinski definition) is 4. The molecule has 0 bridgehead atoms. The molecule has 0 saturated carbocycles. The maximum atomic E-state index is 11.3. The van der Waals surface area contributed by atoms with Crippen LogP contribution in [-0.4, -0.2) is 24.6 Å². The maximum absolute atomic E-state index is 11.3. The van der Waals surface area contributed by atoms with E-state index in [1.165, 1.54) is 6.26 Å². The first-order valence-electron chi connectivity index (χ1n) is 5.05. The Morgan fingerprint density at radius 1 is 1.29 bits per heavy atom. The van der Waals surface area contributed by atoms with Crippen molar-refractivity contribution in [2.45, 2.75) is 11.4 Å². The van der Waals surface area contributed by atoms with Gasteiger partial charge in [0.25, 0.3) is 0 Å². The van der Waals surface area contributed by atoms with Gasteiger partial charge >= 0.3 is 0 Å². The lowest BCUT2D eigenvalue weighted by Crippen LogP contribution is -1.98. The van der Waals surface area contributed by atoms with Gasteiger partial charge in [0.2, 0.25) is 0 Å². The molecule has 3 N–H and O–H groups in total. The van der Waals surface area contributed by atoms with Gasteiger partial charge in [-0.15, -0.1) is 0 Å². The van der Waals surface area contributed by atoms with Crippen molar-refractivity contribution >= 4 is 9.84 Å². The highest BCUT2D eigenvalue weighted by Gasteiger charge is 2.07. The van der Waals surface area contributed by atoms with Gasteiger partial charge in [0, 0.05) is 6.26 Å². The molecule has 0 fully saturated rings. The Balaban J connectivity index is 2.35. The van der Waals surface area contributed by atoms with Crippen LogP contribution >= 0.6 is 0 Å². The molecule has 0 atom stereocenters. The second kappa shape index (κ2) is 4.31. The third-order valence-corrected chi connectivity index (χ3v) is 3.54. The van der Waals surface area contributed by atoms with Gasteiger partial charge < -0.3 is 10.7 Å². The molecule has 0 unspecified atom stereocenters. The Bertz CT molecular complexity index is 614. The summed E-state index contributed by atoms with van der Waals surface area (Å²) in [4.78, 5) is 7.44. The number of hydrogen-bond donors (Lipinski definition) is 2. The molecule has 0 amide bonds. The monoisotopic (exact) mass is 251 g/mol. The van der Waals surface area contributed by atoms with Crippen molar-refractivity contribution < 1.29 is 8.42 Å². The largest absolute Gasteiger partial charge is 0.341 e. The predicted octanol–water partition coefficient (Wildman–Crippen LogP) is 0.939. The number of aromatic nitrogens is 2.